The van der Waals surface area contributed by atoms with Crippen LogP contribution in [0.25, 0.3) is 0 Å². The van der Waals surface area contributed by atoms with Crippen LogP contribution in [0.4, 0.5) is 11.5 Å². The predicted octanol–water partition coefficient (Wildman–Crippen LogP) is 2.20. The molecule has 0 saturated heterocycles. The summed E-state index contributed by atoms with van der Waals surface area (Å²) >= 11 is 0. The molecular formula is C12H15N3O. The minimum atomic E-state index is 0.677. The van der Waals surface area contributed by atoms with Gasteiger partial charge < -0.3 is 15.1 Å². The third-order valence-electron chi connectivity index (χ3n) is 2.54. The molecule has 0 unspecified atom stereocenters. The van der Waals surface area contributed by atoms with E-state index in [1.54, 1.807) is 12.5 Å². The summed E-state index contributed by atoms with van der Waals surface area (Å²) in [6.45, 7) is 2.73. The van der Waals surface area contributed by atoms with E-state index < -0.39 is 0 Å². The zero-order chi connectivity index (χ0) is 11.5. The minimum absolute atomic E-state index is 0.677. The van der Waals surface area contributed by atoms with Crippen LogP contribution in [0, 0.1) is 6.92 Å². The Balaban J connectivity index is 2.11. The fourth-order valence-corrected chi connectivity index (χ4v) is 1.54. The monoisotopic (exact) mass is 217 g/mol. The van der Waals surface area contributed by atoms with Gasteiger partial charge in [0.15, 0.2) is 0 Å². The number of rotatable bonds is 3. The van der Waals surface area contributed by atoms with E-state index >= 15 is 0 Å². The van der Waals surface area contributed by atoms with Crippen LogP contribution >= 0.6 is 0 Å². The fourth-order valence-electron chi connectivity index (χ4n) is 1.54. The van der Waals surface area contributed by atoms with Gasteiger partial charge in [0.2, 0.25) is 0 Å². The molecule has 0 spiro atoms. The van der Waals surface area contributed by atoms with Gasteiger partial charge in [-0.15, -0.1) is 0 Å². The van der Waals surface area contributed by atoms with Crippen molar-refractivity contribution in [3.63, 3.8) is 0 Å². The summed E-state index contributed by atoms with van der Waals surface area (Å²) in [7, 11) is 1.99. The average molecular weight is 217 g/mol. The zero-order valence-electron chi connectivity index (χ0n) is 9.47. The molecule has 0 saturated carbocycles. The molecule has 0 amide bonds. The van der Waals surface area contributed by atoms with Crippen LogP contribution in [0.15, 0.2) is 35.1 Å². The second-order valence-electron chi connectivity index (χ2n) is 3.81. The van der Waals surface area contributed by atoms with Crippen molar-refractivity contribution in [3.8, 4) is 0 Å². The van der Waals surface area contributed by atoms with Gasteiger partial charge in [-0.25, -0.2) is 4.98 Å². The Morgan fingerprint density at radius 2 is 2.19 bits per heavy atom. The summed E-state index contributed by atoms with van der Waals surface area (Å²) < 4.78 is 5.25. The van der Waals surface area contributed by atoms with Crippen molar-refractivity contribution < 1.29 is 4.42 Å². The Bertz CT molecular complexity index is 461. The minimum Gasteiger partial charge on any atom is -0.469 e. The number of nitrogens with zero attached hydrogens (tertiary/aromatic N) is 2. The zero-order valence-corrected chi connectivity index (χ0v) is 9.47. The second-order valence-corrected chi connectivity index (χ2v) is 3.81. The van der Waals surface area contributed by atoms with Gasteiger partial charge in [0.25, 0.3) is 0 Å². The lowest BCUT2D eigenvalue weighted by molar-refractivity contribution is 0.529. The van der Waals surface area contributed by atoms with Gasteiger partial charge in [-0.05, 0) is 25.1 Å². The van der Waals surface area contributed by atoms with Crippen LogP contribution in [0.1, 0.15) is 11.3 Å². The van der Waals surface area contributed by atoms with E-state index in [9.17, 15) is 0 Å². The largest absolute Gasteiger partial charge is 0.469 e. The number of hydrogen-bond donors (Lipinski definition) is 1. The molecule has 0 aliphatic carbocycles. The van der Waals surface area contributed by atoms with Gasteiger partial charge in [0.1, 0.15) is 11.6 Å². The Morgan fingerprint density at radius 1 is 1.38 bits per heavy atom. The van der Waals surface area contributed by atoms with Crippen molar-refractivity contribution >= 4 is 11.5 Å². The Kier molecular flexibility index (Phi) is 2.81. The highest BCUT2D eigenvalue weighted by atomic mass is 16.3. The highest BCUT2D eigenvalue weighted by Crippen LogP contribution is 2.16. The third-order valence-corrected chi connectivity index (χ3v) is 2.54. The Labute approximate surface area is 94.7 Å². The molecule has 4 heteroatoms. The van der Waals surface area contributed by atoms with E-state index in [1.165, 1.54) is 5.56 Å². The molecule has 0 aromatic carbocycles. The highest BCUT2D eigenvalue weighted by Gasteiger charge is 2.06. The molecule has 16 heavy (non-hydrogen) atoms. The van der Waals surface area contributed by atoms with Crippen molar-refractivity contribution in [2.45, 2.75) is 13.5 Å². The summed E-state index contributed by atoms with van der Waals surface area (Å²) in [6.07, 6.45) is 3.36. The molecule has 2 rings (SSSR count). The van der Waals surface area contributed by atoms with Crippen LogP contribution < -0.4 is 10.6 Å². The number of pyridine rings is 1. The summed E-state index contributed by atoms with van der Waals surface area (Å²) in [4.78, 5) is 6.31. The first-order chi connectivity index (χ1) is 7.66. The first-order valence-electron chi connectivity index (χ1n) is 5.12. The van der Waals surface area contributed by atoms with Crippen molar-refractivity contribution in [3.05, 3.63) is 42.0 Å². The summed E-state index contributed by atoms with van der Waals surface area (Å²) in [5.41, 5.74) is 7.44. The second kappa shape index (κ2) is 4.26. The standard InChI is InChI=1S/C12H15N3O/c1-9-10(5-6-16-9)8-15(2)12-4-3-11(13)7-14-12/h3-7H,8,13H2,1-2H3. The predicted molar refractivity (Wildman–Crippen MR) is 64.2 cm³/mol. The first-order valence-corrected chi connectivity index (χ1v) is 5.12. The van der Waals surface area contributed by atoms with Crippen LogP contribution in [0.3, 0.4) is 0 Å². The van der Waals surface area contributed by atoms with E-state index in [-0.39, 0.29) is 0 Å². The smallest absolute Gasteiger partial charge is 0.128 e. The van der Waals surface area contributed by atoms with Crippen molar-refractivity contribution in [2.75, 3.05) is 17.7 Å². The van der Waals surface area contributed by atoms with Gasteiger partial charge in [0.05, 0.1) is 18.1 Å². The first kappa shape index (κ1) is 10.5. The van der Waals surface area contributed by atoms with Crippen LogP contribution in [-0.2, 0) is 6.54 Å². The maximum Gasteiger partial charge on any atom is 0.128 e. The maximum absolute atomic E-state index is 5.59. The molecule has 0 aliphatic rings. The fraction of sp³-hybridized carbons (Fsp3) is 0.250. The highest BCUT2D eigenvalue weighted by molar-refractivity contribution is 5.45. The van der Waals surface area contributed by atoms with Gasteiger partial charge in [-0.2, -0.15) is 0 Å². The number of hydrogen-bond acceptors (Lipinski definition) is 4. The van der Waals surface area contributed by atoms with Crippen LogP contribution in [-0.4, -0.2) is 12.0 Å². The molecule has 2 aromatic rings. The van der Waals surface area contributed by atoms with Gasteiger partial charge in [-0.3, -0.25) is 0 Å². The molecular weight excluding hydrogens is 202 g/mol. The molecule has 0 radical (unpaired) electrons. The molecule has 2 aromatic heterocycles. The van der Waals surface area contributed by atoms with E-state index in [0.717, 1.165) is 18.1 Å². The molecule has 2 heterocycles. The van der Waals surface area contributed by atoms with E-state index in [4.69, 9.17) is 10.2 Å². The van der Waals surface area contributed by atoms with Gasteiger partial charge >= 0.3 is 0 Å². The summed E-state index contributed by atoms with van der Waals surface area (Å²) in [5, 5.41) is 0. The van der Waals surface area contributed by atoms with E-state index in [0.29, 0.717) is 5.69 Å². The van der Waals surface area contributed by atoms with Gasteiger partial charge in [-0.1, -0.05) is 0 Å². The number of furan rings is 1. The number of aryl methyl sites for hydroxylation is 1. The maximum atomic E-state index is 5.59. The normalized spacial score (nSPS) is 10.4. The molecule has 2 N–H and O–H groups in total. The Hall–Kier alpha value is -1.97. The number of anilines is 2. The third kappa shape index (κ3) is 2.16. The topological polar surface area (TPSA) is 55.3 Å². The van der Waals surface area contributed by atoms with Crippen molar-refractivity contribution in [2.24, 2.45) is 0 Å². The van der Waals surface area contributed by atoms with Crippen LogP contribution in [0.2, 0.25) is 0 Å². The molecule has 0 bridgehead atoms. The number of nitrogens with two attached hydrogens (primary N) is 1. The molecule has 0 atom stereocenters. The van der Waals surface area contributed by atoms with Crippen molar-refractivity contribution in [1.29, 1.82) is 0 Å². The summed E-state index contributed by atoms with van der Waals surface area (Å²) in [6, 6.07) is 5.73. The quantitative estimate of drug-likeness (QED) is 0.856. The van der Waals surface area contributed by atoms with Crippen LogP contribution in [0.5, 0.6) is 0 Å². The lowest BCUT2D eigenvalue weighted by Crippen LogP contribution is -2.17. The average Bonchev–Trinajstić information content (AvgIpc) is 2.65. The molecule has 0 aliphatic heterocycles. The number of nitrogen functional groups attached to an aromatic ring is 1. The lowest BCUT2D eigenvalue weighted by Gasteiger charge is -2.17. The van der Waals surface area contributed by atoms with Gasteiger partial charge in [0, 0.05) is 19.2 Å². The number of aromatic nitrogens is 1. The molecule has 4 nitrogen and oxygen atoms in total. The lowest BCUT2D eigenvalue weighted by atomic mass is 10.2. The van der Waals surface area contributed by atoms with E-state index in [2.05, 4.69) is 9.88 Å². The molecule has 0 fully saturated rings. The molecule has 84 valence electrons. The van der Waals surface area contributed by atoms with Crippen molar-refractivity contribution in [1.82, 2.24) is 4.98 Å². The SMILES string of the molecule is Cc1occc1CN(C)c1ccc(N)cn1. The summed E-state index contributed by atoms with van der Waals surface area (Å²) in [5.74, 6) is 1.84. The van der Waals surface area contributed by atoms with E-state index in [1.807, 2.05) is 32.2 Å². The Morgan fingerprint density at radius 3 is 2.75 bits per heavy atom.